The van der Waals surface area contributed by atoms with Gasteiger partial charge in [0, 0.05) is 23.2 Å². The van der Waals surface area contributed by atoms with Gasteiger partial charge in [-0.3, -0.25) is 19.6 Å². The SMILES string of the molecule is CCc1ccc(NC(=O)Cn2ncc3cc([N+](=O)[O-])ccc32)cc1. The van der Waals surface area contributed by atoms with Crippen molar-refractivity contribution in [1.82, 2.24) is 9.78 Å². The number of non-ortho nitro benzene ring substituents is 1. The third kappa shape index (κ3) is 3.24. The molecule has 24 heavy (non-hydrogen) atoms. The summed E-state index contributed by atoms with van der Waals surface area (Å²) in [6.45, 7) is 2.11. The Bertz CT molecular complexity index is 900. The van der Waals surface area contributed by atoms with E-state index in [0.717, 1.165) is 12.1 Å². The molecule has 0 unspecified atom stereocenters. The summed E-state index contributed by atoms with van der Waals surface area (Å²) < 4.78 is 1.52. The van der Waals surface area contributed by atoms with Gasteiger partial charge in [-0.15, -0.1) is 0 Å². The fourth-order valence-electron chi connectivity index (χ4n) is 2.47. The molecule has 0 aliphatic carbocycles. The van der Waals surface area contributed by atoms with Crippen LogP contribution in [-0.2, 0) is 17.8 Å². The highest BCUT2D eigenvalue weighted by atomic mass is 16.6. The van der Waals surface area contributed by atoms with Crippen molar-refractivity contribution in [2.45, 2.75) is 19.9 Å². The van der Waals surface area contributed by atoms with E-state index in [2.05, 4.69) is 17.3 Å². The van der Waals surface area contributed by atoms with Gasteiger partial charge in [0.2, 0.25) is 5.91 Å². The van der Waals surface area contributed by atoms with Gasteiger partial charge in [-0.05, 0) is 30.2 Å². The van der Waals surface area contributed by atoms with Crippen molar-refractivity contribution in [3.05, 3.63) is 64.3 Å². The van der Waals surface area contributed by atoms with Gasteiger partial charge in [-0.1, -0.05) is 19.1 Å². The Balaban J connectivity index is 1.74. The third-order valence-corrected chi connectivity index (χ3v) is 3.78. The number of nitrogens with zero attached hydrogens (tertiary/aromatic N) is 3. The second kappa shape index (κ2) is 6.49. The lowest BCUT2D eigenvalue weighted by Crippen LogP contribution is -2.19. The number of aromatic nitrogens is 2. The van der Waals surface area contributed by atoms with Gasteiger partial charge >= 0.3 is 0 Å². The van der Waals surface area contributed by atoms with Crippen LogP contribution in [0.25, 0.3) is 10.9 Å². The van der Waals surface area contributed by atoms with Crippen molar-refractivity contribution in [1.29, 1.82) is 0 Å². The molecule has 0 saturated carbocycles. The lowest BCUT2D eigenvalue weighted by atomic mass is 10.1. The Morgan fingerprint density at radius 2 is 2.00 bits per heavy atom. The molecule has 3 rings (SSSR count). The molecule has 0 aliphatic rings. The second-order valence-electron chi connectivity index (χ2n) is 5.40. The zero-order valence-electron chi connectivity index (χ0n) is 13.1. The molecule has 7 heteroatoms. The Hall–Kier alpha value is -3.22. The first-order valence-electron chi connectivity index (χ1n) is 7.55. The average molecular weight is 324 g/mol. The Kier molecular flexibility index (Phi) is 4.24. The summed E-state index contributed by atoms with van der Waals surface area (Å²) in [7, 11) is 0. The lowest BCUT2D eigenvalue weighted by molar-refractivity contribution is -0.384. The van der Waals surface area contributed by atoms with Crippen LogP contribution in [0.5, 0.6) is 0 Å². The summed E-state index contributed by atoms with van der Waals surface area (Å²) in [5.41, 5.74) is 2.61. The highest BCUT2D eigenvalue weighted by Gasteiger charge is 2.12. The van der Waals surface area contributed by atoms with Crippen molar-refractivity contribution >= 4 is 28.2 Å². The molecule has 3 aromatic rings. The smallest absolute Gasteiger partial charge is 0.270 e. The number of aryl methyl sites for hydroxylation is 1. The predicted octanol–water partition coefficient (Wildman–Crippen LogP) is 3.15. The lowest BCUT2D eigenvalue weighted by Gasteiger charge is -2.07. The minimum absolute atomic E-state index is 0.00233. The number of hydrogen-bond acceptors (Lipinski definition) is 4. The van der Waals surface area contributed by atoms with Crippen LogP contribution in [-0.4, -0.2) is 20.6 Å². The van der Waals surface area contributed by atoms with E-state index in [1.165, 1.54) is 28.6 Å². The number of nitro benzene ring substituents is 1. The molecule has 0 aliphatic heterocycles. The number of fused-ring (bicyclic) bond motifs is 1. The molecule has 1 amide bonds. The maximum absolute atomic E-state index is 12.2. The van der Waals surface area contributed by atoms with E-state index in [-0.39, 0.29) is 18.1 Å². The zero-order valence-corrected chi connectivity index (χ0v) is 13.1. The Morgan fingerprint density at radius 3 is 2.67 bits per heavy atom. The van der Waals surface area contributed by atoms with Gasteiger partial charge in [0.25, 0.3) is 5.69 Å². The van der Waals surface area contributed by atoms with Crippen LogP contribution in [0.4, 0.5) is 11.4 Å². The van der Waals surface area contributed by atoms with E-state index >= 15 is 0 Å². The van der Waals surface area contributed by atoms with Crippen LogP contribution >= 0.6 is 0 Å². The summed E-state index contributed by atoms with van der Waals surface area (Å²) in [5, 5.41) is 18.4. The molecule has 1 aromatic heterocycles. The molecule has 2 aromatic carbocycles. The molecule has 0 fully saturated rings. The molecular weight excluding hydrogens is 308 g/mol. The van der Waals surface area contributed by atoms with Gasteiger partial charge in [0.15, 0.2) is 0 Å². The van der Waals surface area contributed by atoms with E-state index in [1.807, 2.05) is 24.3 Å². The van der Waals surface area contributed by atoms with Gasteiger partial charge in [-0.2, -0.15) is 5.10 Å². The number of anilines is 1. The summed E-state index contributed by atoms with van der Waals surface area (Å²) >= 11 is 0. The first-order valence-corrected chi connectivity index (χ1v) is 7.55. The van der Waals surface area contributed by atoms with Gasteiger partial charge in [0.1, 0.15) is 6.54 Å². The quantitative estimate of drug-likeness (QED) is 0.576. The van der Waals surface area contributed by atoms with E-state index in [4.69, 9.17) is 0 Å². The number of hydrogen-bond donors (Lipinski definition) is 1. The highest BCUT2D eigenvalue weighted by Crippen LogP contribution is 2.20. The van der Waals surface area contributed by atoms with E-state index < -0.39 is 4.92 Å². The number of benzene rings is 2. The fraction of sp³-hybridized carbons (Fsp3) is 0.176. The molecule has 0 atom stereocenters. The molecule has 0 spiro atoms. The van der Waals surface area contributed by atoms with E-state index in [0.29, 0.717) is 10.9 Å². The standard InChI is InChI=1S/C17H16N4O3/c1-2-12-3-5-14(6-4-12)19-17(22)11-20-16-8-7-15(21(23)24)9-13(16)10-18-20/h3-10H,2,11H2,1H3,(H,19,22). The van der Waals surface area contributed by atoms with Gasteiger partial charge in [0.05, 0.1) is 16.6 Å². The highest BCUT2D eigenvalue weighted by molar-refractivity contribution is 5.91. The van der Waals surface area contributed by atoms with Crippen molar-refractivity contribution < 1.29 is 9.72 Å². The fourth-order valence-corrected chi connectivity index (χ4v) is 2.47. The van der Waals surface area contributed by atoms with E-state index in [1.54, 1.807) is 6.07 Å². The minimum Gasteiger partial charge on any atom is -0.324 e. The van der Waals surface area contributed by atoms with Crippen molar-refractivity contribution in [2.24, 2.45) is 0 Å². The number of nitrogens with one attached hydrogen (secondary N) is 1. The predicted molar refractivity (Wildman–Crippen MR) is 90.8 cm³/mol. The van der Waals surface area contributed by atoms with Crippen LogP contribution in [0.3, 0.4) is 0 Å². The maximum Gasteiger partial charge on any atom is 0.270 e. The second-order valence-corrected chi connectivity index (χ2v) is 5.40. The maximum atomic E-state index is 12.2. The Morgan fingerprint density at radius 1 is 1.25 bits per heavy atom. The van der Waals surface area contributed by atoms with Gasteiger partial charge in [-0.25, -0.2) is 0 Å². The number of rotatable bonds is 5. The van der Waals surface area contributed by atoms with Crippen LogP contribution in [0.1, 0.15) is 12.5 Å². The van der Waals surface area contributed by atoms with Crippen LogP contribution in [0.2, 0.25) is 0 Å². The van der Waals surface area contributed by atoms with Gasteiger partial charge < -0.3 is 5.32 Å². The summed E-state index contributed by atoms with van der Waals surface area (Å²) in [6, 6.07) is 12.1. The van der Waals surface area contributed by atoms with Crippen molar-refractivity contribution in [3.63, 3.8) is 0 Å². The average Bonchev–Trinajstić information content (AvgIpc) is 2.97. The zero-order chi connectivity index (χ0) is 17.1. The topological polar surface area (TPSA) is 90.1 Å². The van der Waals surface area contributed by atoms with Crippen LogP contribution in [0.15, 0.2) is 48.7 Å². The number of nitro groups is 1. The normalized spacial score (nSPS) is 10.7. The summed E-state index contributed by atoms with van der Waals surface area (Å²) in [5.74, 6) is -0.206. The monoisotopic (exact) mass is 324 g/mol. The summed E-state index contributed by atoms with van der Waals surface area (Å²) in [6.07, 6.45) is 2.46. The van der Waals surface area contributed by atoms with Crippen LogP contribution < -0.4 is 5.32 Å². The van der Waals surface area contributed by atoms with E-state index in [9.17, 15) is 14.9 Å². The molecule has 1 N–H and O–H groups in total. The molecule has 0 bridgehead atoms. The molecular formula is C17H16N4O3. The third-order valence-electron chi connectivity index (χ3n) is 3.78. The number of amides is 1. The van der Waals surface area contributed by atoms with Crippen LogP contribution in [0, 0.1) is 10.1 Å². The number of carbonyl (C=O) groups is 1. The first kappa shape index (κ1) is 15.7. The molecule has 0 radical (unpaired) electrons. The summed E-state index contributed by atoms with van der Waals surface area (Å²) in [4.78, 5) is 22.5. The largest absolute Gasteiger partial charge is 0.324 e. The number of carbonyl (C=O) groups excluding carboxylic acids is 1. The first-order chi connectivity index (χ1) is 11.6. The molecule has 1 heterocycles. The molecule has 0 saturated heterocycles. The molecule has 122 valence electrons. The minimum atomic E-state index is -0.455. The molecule has 7 nitrogen and oxygen atoms in total. The Labute approximate surface area is 138 Å². The van der Waals surface area contributed by atoms with Crippen molar-refractivity contribution in [3.8, 4) is 0 Å². The van der Waals surface area contributed by atoms with Crippen molar-refractivity contribution in [2.75, 3.05) is 5.32 Å².